The molecule has 0 radical (unpaired) electrons. The molecule has 1 aliphatic rings. The fraction of sp³-hybridized carbons (Fsp3) is 0.538. The van der Waals surface area contributed by atoms with Gasteiger partial charge in [-0.3, -0.25) is 0 Å². The predicted molar refractivity (Wildman–Crippen MR) is 62.3 cm³/mol. The van der Waals surface area contributed by atoms with Crippen molar-refractivity contribution < 1.29 is 0 Å². The Morgan fingerprint density at radius 1 is 1.14 bits per heavy atom. The highest BCUT2D eigenvalue weighted by molar-refractivity contribution is 5.34. The summed E-state index contributed by atoms with van der Waals surface area (Å²) in [6, 6.07) is 6.87. The average molecular weight is 191 g/mol. The standard InChI is InChI=1S/C11H15N.C2H6/c1-2-3-9-4-5-10-7-12-8-11(10)6-9;1-2/h4-6,12H,2-3,7-8H2,1H3;1-2H3. The summed E-state index contributed by atoms with van der Waals surface area (Å²) in [6.45, 7) is 8.35. The summed E-state index contributed by atoms with van der Waals surface area (Å²) in [4.78, 5) is 0. The maximum atomic E-state index is 3.36. The normalized spacial score (nSPS) is 13.1. The number of fused-ring (bicyclic) bond motifs is 1. The largest absolute Gasteiger partial charge is 0.309 e. The number of benzene rings is 1. The van der Waals surface area contributed by atoms with Crippen molar-refractivity contribution in [3.8, 4) is 0 Å². The third-order valence-corrected chi connectivity index (χ3v) is 2.44. The van der Waals surface area contributed by atoms with E-state index in [1.54, 1.807) is 0 Å². The minimum Gasteiger partial charge on any atom is -0.309 e. The summed E-state index contributed by atoms with van der Waals surface area (Å²) >= 11 is 0. The van der Waals surface area contributed by atoms with Gasteiger partial charge in [0.1, 0.15) is 0 Å². The molecule has 0 atom stereocenters. The third-order valence-electron chi connectivity index (χ3n) is 2.44. The van der Waals surface area contributed by atoms with Crippen molar-refractivity contribution >= 4 is 0 Å². The smallest absolute Gasteiger partial charge is 0.0212 e. The molecule has 0 unspecified atom stereocenters. The molecule has 1 heterocycles. The zero-order valence-corrected chi connectivity index (χ0v) is 9.56. The van der Waals surface area contributed by atoms with E-state index < -0.39 is 0 Å². The molecule has 14 heavy (non-hydrogen) atoms. The molecule has 0 bridgehead atoms. The molecule has 1 nitrogen and oxygen atoms in total. The Balaban J connectivity index is 0.000000461. The Kier molecular flexibility index (Phi) is 4.68. The van der Waals surface area contributed by atoms with Crippen LogP contribution in [0.15, 0.2) is 18.2 Å². The van der Waals surface area contributed by atoms with Crippen LogP contribution >= 0.6 is 0 Å². The first-order valence-electron chi connectivity index (χ1n) is 5.71. The van der Waals surface area contributed by atoms with E-state index in [4.69, 9.17) is 0 Å². The molecule has 78 valence electrons. The summed E-state index contributed by atoms with van der Waals surface area (Å²) in [5.74, 6) is 0. The molecule has 1 N–H and O–H groups in total. The predicted octanol–water partition coefficient (Wildman–Crippen LogP) is 3.27. The van der Waals surface area contributed by atoms with Crippen LogP contribution in [0.1, 0.15) is 43.9 Å². The zero-order chi connectivity index (χ0) is 10.4. The zero-order valence-electron chi connectivity index (χ0n) is 9.56. The van der Waals surface area contributed by atoms with E-state index in [-0.39, 0.29) is 0 Å². The highest BCUT2D eigenvalue weighted by Crippen LogP contribution is 2.17. The van der Waals surface area contributed by atoms with Gasteiger partial charge in [-0.1, -0.05) is 45.4 Å². The molecule has 2 rings (SSSR count). The first-order valence-corrected chi connectivity index (χ1v) is 5.71. The second-order valence-corrected chi connectivity index (χ2v) is 3.46. The van der Waals surface area contributed by atoms with Crippen molar-refractivity contribution in [2.75, 3.05) is 0 Å². The summed E-state index contributed by atoms with van der Waals surface area (Å²) < 4.78 is 0. The lowest BCUT2D eigenvalue weighted by Crippen LogP contribution is -1.99. The first kappa shape index (κ1) is 11.3. The summed E-state index contributed by atoms with van der Waals surface area (Å²) in [5, 5.41) is 3.36. The van der Waals surface area contributed by atoms with Crippen LogP contribution < -0.4 is 5.32 Å². The van der Waals surface area contributed by atoms with Gasteiger partial charge in [-0.2, -0.15) is 0 Å². The van der Waals surface area contributed by atoms with Crippen LogP contribution in [0.25, 0.3) is 0 Å². The van der Waals surface area contributed by atoms with E-state index in [0.717, 1.165) is 13.1 Å². The molecule has 0 aromatic heterocycles. The van der Waals surface area contributed by atoms with Crippen LogP contribution in [0, 0.1) is 0 Å². The molecule has 0 aliphatic carbocycles. The van der Waals surface area contributed by atoms with Crippen LogP contribution in [0.2, 0.25) is 0 Å². The highest BCUT2D eigenvalue weighted by atomic mass is 14.9. The molecule has 1 aliphatic heterocycles. The summed E-state index contributed by atoms with van der Waals surface area (Å²) in [7, 11) is 0. The number of aryl methyl sites for hydroxylation is 1. The average Bonchev–Trinajstić information content (AvgIpc) is 2.68. The van der Waals surface area contributed by atoms with Crippen LogP contribution in [-0.4, -0.2) is 0 Å². The molecule has 1 aromatic carbocycles. The maximum Gasteiger partial charge on any atom is 0.0212 e. The topological polar surface area (TPSA) is 12.0 Å². The van der Waals surface area contributed by atoms with Gasteiger partial charge >= 0.3 is 0 Å². The van der Waals surface area contributed by atoms with Gasteiger partial charge in [0, 0.05) is 13.1 Å². The van der Waals surface area contributed by atoms with Crippen LogP contribution in [-0.2, 0) is 19.5 Å². The van der Waals surface area contributed by atoms with Gasteiger partial charge in [0.15, 0.2) is 0 Å². The molecule has 1 heteroatoms. The molecule has 1 aromatic rings. The fourth-order valence-corrected chi connectivity index (χ4v) is 1.79. The lowest BCUT2D eigenvalue weighted by atomic mass is 10.0. The van der Waals surface area contributed by atoms with E-state index >= 15 is 0 Å². The van der Waals surface area contributed by atoms with Crippen LogP contribution in [0.3, 0.4) is 0 Å². The quantitative estimate of drug-likeness (QED) is 0.756. The van der Waals surface area contributed by atoms with Crippen LogP contribution in [0.4, 0.5) is 0 Å². The molecule has 0 saturated carbocycles. The minimum absolute atomic E-state index is 1.06. The van der Waals surface area contributed by atoms with Crippen molar-refractivity contribution in [3.05, 3.63) is 34.9 Å². The van der Waals surface area contributed by atoms with Gasteiger partial charge in [-0.15, -0.1) is 0 Å². The second kappa shape index (κ2) is 5.82. The van der Waals surface area contributed by atoms with Crippen molar-refractivity contribution in [1.29, 1.82) is 0 Å². The lowest BCUT2D eigenvalue weighted by molar-refractivity contribution is 0.764. The van der Waals surface area contributed by atoms with Gasteiger partial charge < -0.3 is 5.32 Å². The summed E-state index contributed by atoms with van der Waals surface area (Å²) in [5.41, 5.74) is 4.47. The monoisotopic (exact) mass is 191 g/mol. The van der Waals surface area contributed by atoms with Crippen LogP contribution in [0.5, 0.6) is 0 Å². The van der Waals surface area contributed by atoms with Gasteiger partial charge in [0.25, 0.3) is 0 Å². The lowest BCUT2D eigenvalue weighted by Gasteiger charge is -2.01. The van der Waals surface area contributed by atoms with E-state index in [0.29, 0.717) is 0 Å². The van der Waals surface area contributed by atoms with E-state index in [2.05, 4.69) is 30.4 Å². The Morgan fingerprint density at radius 3 is 2.57 bits per heavy atom. The van der Waals surface area contributed by atoms with E-state index in [1.165, 1.54) is 29.5 Å². The Bertz CT molecular complexity index is 279. The molecule has 0 fully saturated rings. The number of rotatable bonds is 2. The fourth-order valence-electron chi connectivity index (χ4n) is 1.79. The summed E-state index contributed by atoms with van der Waals surface area (Å²) in [6.07, 6.45) is 2.46. The van der Waals surface area contributed by atoms with Crippen molar-refractivity contribution in [2.45, 2.75) is 46.7 Å². The first-order chi connectivity index (χ1) is 6.90. The van der Waals surface area contributed by atoms with E-state index in [9.17, 15) is 0 Å². The van der Waals surface area contributed by atoms with E-state index in [1.807, 2.05) is 13.8 Å². The second-order valence-electron chi connectivity index (χ2n) is 3.46. The van der Waals surface area contributed by atoms with Gasteiger partial charge in [-0.25, -0.2) is 0 Å². The number of hydrogen-bond donors (Lipinski definition) is 1. The molecule has 0 saturated heterocycles. The molecular weight excluding hydrogens is 170 g/mol. The van der Waals surface area contributed by atoms with Crippen molar-refractivity contribution in [2.24, 2.45) is 0 Å². The molecular formula is C13H21N. The Labute approximate surface area is 87.5 Å². The third kappa shape index (κ3) is 2.58. The Morgan fingerprint density at radius 2 is 1.86 bits per heavy atom. The Hall–Kier alpha value is -0.820. The van der Waals surface area contributed by atoms with Crippen molar-refractivity contribution in [1.82, 2.24) is 5.32 Å². The minimum atomic E-state index is 1.06. The highest BCUT2D eigenvalue weighted by Gasteiger charge is 2.08. The molecule has 0 spiro atoms. The maximum absolute atomic E-state index is 3.36. The molecule has 0 amide bonds. The van der Waals surface area contributed by atoms with Gasteiger partial charge in [-0.05, 0) is 23.1 Å². The SMILES string of the molecule is CC.CCCc1ccc2c(c1)CNC2. The van der Waals surface area contributed by atoms with Gasteiger partial charge in [0.05, 0.1) is 0 Å². The number of nitrogens with one attached hydrogen (secondary N) is 1. The number of hydrogen-bond acceptors (Lipinski definition) is 1. The van der Waals surface area contributed by atoms with Gasteiger partial charge in [0.2, 0.25) is 0 Å². The van der Waals surface area contributed by atoms with Crippen molar-refractivity contribution in [3.63, 3.8) is 0 Å².